The fourth-order valence-electron chi connectivity index (χ4n) is 4.69. The highest BCUT2D eigenvalue weighted by molar-refractivity contribution is 7.92. The van der Waals surface area contributed by atoms with Gasteiger partial charge in [0.15, 0.2) is 0 Å². The van der Waals surface area contributed by atoms with Crippen LogP contribution >= 0.6 is 0 Å². The molecule has 4 aromatic carbocycles. The topological polar surface area (TPSA) is 86.8 Å². The lowest BCUT2D eigenvalue weighted by molar-refractivity contribution is -0.140. The van der Waals surface area contributed by atoms with Gasteiger partial charge in [0, 0.05) is 25.1 Å². The van der Waals surface area contributed by atoms with E-state index in [4.69, 9.17) is 0 Å². The summed E-state index contributed by atoms with van der Waals surface area (Å²) in [5.41, 5.74) is 2.12. The number of anilines is 1. The molecule has 4 rings (SSSR count). The van der Waals surface area contributed by atoms with E-state index in [0.29, 0.717) is 12.2 Å². The van der Waals surface area contributed by atoms with Crippen LogP contribution in [-0.2, 0) is 32.6 Å². The molecule has 0 aliphatic heterocycles. The van der Waals surface area contributed by atoms with Crippen molar-refractivity contribution in [1.29, 1.82) is 0 Å². The number of hydrogen-bond donors (Lipinski definition) is 1. The number of amides is 2. The van der Waals surface area contributed by atoms with Crippen LogP contribution in [0, 0.1) is 12.7 Å². The lowest BCUT2D eigenvalue weighted by atomic mass is 10.0. The molecule has 0 saturated carbocycles. The minimum Gasteiger partial charge on any atom is -0.355 e. The second-order valence-corrected chi connectivity index (χ2v) is 11.7. The van der Waals surface area contributed by atoms with Gasteiger partial charge in [0.25, 0.3) is 10.0 Å². The van der Waals surface area contributed by atoms with Crippen LogP contribution in [-0.4, -0.2) is 44.3 Å². The number of nitrogens with zero attached hydrogens (tertiary/aromatic N) is 2. The van der Waals surface area contributed by atoms with Gasteiger partial charge in [-0.1, -0.05) is 78.9 Å². The lowest BCUT2D eigenvalue weighted by Gasteiger charge is -2.34. The highest BCUT2D eigenvalue weighted by Crippen LogP contribution is 2.26. The van der Waals surface area contributed by atoms with Crippen LogP contribution in [0.1, 0.15) is 23.6 Å². The number of benzene rings is 4. The first-order valence-corrected chi connectivity index (χ1v) is 15.1. The Bertz CT molecular complexity index is 1610. The van der Waals surface area contributed by atoms with Gasteiger partial charge < -0.3 is 10.2 Å². The van der Waals surface area contributed by atoms with E-state index in [1.54, 1.807) is 61.5 Å². The highest BCUT2D eigenvalue weighted by Gasteiger charge is 2.34. The first kappa shape index (κ1) is 30.5. The average Bonchev–Trinajstić information content (AvgIpc) is 2.99. The molecule has 0 heterocycles. The van der Waals surface area contributed by atoms with Crippen LogP contribution in [0.2, 0.25) is 0 Å². The zero-order chi connectivity index (χ0) is 30.1. The number of sulfonamides is 1. The van der Waals surface area contributed by atoms with Crippen molar-refractivity contribution in [3.05, 3.63) is 132 Å². The van der Waals surface area contributed by atoms with Gasteiger partial charge in [-0.05, 0) is 55.3 Å². The number of aryl methyl sites for hydroxylation is 1. The molecule has 1 unspecified atom stereocenters. The number of halogens is 1. The molecular weight excluding hydrogens is 553 g/mol. The number of rotatable bonds is 12. The van der Waals surface area contributed by atoms with Crippen molar-refractivity contribution >= 4 is 27.5 Å². The first-order valence-electron chi connectivity index (χ1n) is 13.7. The molecule has 0 radical (unpaired) electrons. The lowest BCUT2D eigenvalue weighted by Crippen LogP contribution is -2.53. The Balaban J connectivity index is 1.80. The number of carbonyl (C=O) groups is 2. The fourth-order valence-corrected chi connectivity index (χ4v) is 6.11. The number of carbonyl (C=O) groups excluding carboxylic acids is 2. The summed E-state index contributed by atoms with van der Waals surface area (Å²) in [5, 5.41) is 2.79. The Hall–Kier alpha value is -4.50. The Morgan fingerprint density at radius 2 is 1.50 bits per heavy atom. The highest BCUT2D eigenvalue weighted by atomic mass is 32.2. The van der Waals surface area contributed by atoms with E-state index < -0.39 is 40.2 Å². The summed E-state index contributed by atoms with van der Waals surface area (Å²) in [6, 6.07) is 28.9. The molecule has 0 aromatic heterocycles. The molecule has 0 aliphatic rings. The fraction of sp³-hybridized carbons (Fsp3) is 0.212. The SMILES string of the molecule is CCNC(=O)C(Cc1ccccc1)N(Cc1ccccc1F)C(=O)CN(c1cccc(C)c1)S(=O)(=O)c1ccccc1. The molecule has 42 heavy (non-hydrogen) atoms. The molecule has 1 atom stereocenters. The normalized spacial score (nSPS) is 11.9. The number of likely N-dealkylation sites (N-methyl/N-ethyl adjacent to an activating group) is 1. The third-order valence-electron chi connectivity index (χ3n) is 6.82. The molecule has 1 N–H and O–H groups in total. The largest absolute Gasteiger partial charge is 0.355 e. The van der Waals surface area contributed by atoms with Gasteiger partial charge in [-0.2, -0.15) is 0 Å². The monoisotopic (exact) mass is 587 g/mol. The minimum atomic E-state index is -4.18. The van der Waals surface area contributed by atoms with Gasteiger partial charge in [-0.15, -0.1) is 0 Å². The van der Waals surface area contributed by atoms with Crippen LogP contribution in [0.5, 0.6) is 0 Å². The van der Waals surface area contributed by atoms with Crippen LogP contribution < -0.4 is 9.62 Å². The maximum Gasteiger partial charge on any atom is 0.264 e. The van der Waals surface area contributed by atoms with E-state index in [0.717, 1.165) is 15.4 Å². The Morgan fingerprint density at radius 3 is 2.14 bits per heavy atom. The maximum absolute atomic E-state index is 14.9. The van der Waals surface area contributed by atoms with E-state index in [1.807, 2.05) is 43.3 Å². The summed E-state index contributed by atoms with van der Waals surface area (Å²) in [6.45, 7) is 3.09. The molecule has 2 amide bonds. The minimum absolute atomic E-state index is 0.0181. The molecule has 0 fully saturated rings. The summed E-state index contributed by atoms with van der Waals surface area (Å²) in [4.78, 5) is 29.0. The van der Waals surface area contributed by atoms with Gasteiger partial charge in [0.1, 0.15) is 18.4 Å². The molecule has 7 nitrogen and oxygen atoms in total. The van der Waals surface area contributed by atoms with Crippen LogP contribution in [0.3, 0.4) is 0 Å². The van der Waals surface area contributed by atoms with Gasteiger partial charge in [-0.25, -0.2) is 12.8 Å². The Morgan fingerprint density at radius 1 is 0.857 bits per heavy atom. The van der Waals surface area contributed by atoms with Crippen molar-refractivity contribution in [3.63, 3.8) is 0 Å². The summed E-state index contributed by atoms with van der Waals surface area (Å²) >= 11 is 0. The molecule has 0 spiro atoms. The summed E-state index contributed by atoms with van der Waals surface area (Å²) < 4.78 is 43.8. The van der Waals surface area contributed by atoms with Crippen molar-refractivity contribution in [1.82, 2.24) is 10.2 Å². The van der Waals surface area contributed by atoms with E-state index in [9.17, 15) is 22.4 Å². The molecule has 4 aromatic rings. The van der Waals surface area contributed by atoms with Crippen LogP contribution in [0.25, 0.3) is 0 Å². The Kier molecular flexibility index (Phi) is 10.1. The standard InChI is InChI=1S/C33H34FN3O4S/c1-3-35-33(39)31(22-26-14-6-4-7-15-26)36(23-27-16-10-11-20-30(27)34)32(38)24-37(28-17-12-13-25(2)21-28)42(40,41)29-18-8-5-9-19-29/h4-21,31H,3,22-24H2,1-2H3,(H,35,39). The third kappa shape index (κ3) is 7.41. The van der Waals surface area contributed by atoms with E-state index >= 15 is 0 Å². The van der Waals surface area contributed by atoms with Gasteiger partial charge in [-0.3, -0.25) is 13.9 Å². The van der Waals surface area contributed by atoms with Crippen LogP contribution in [0.4, 0.5) is 10.1 Å². The number of hydrogen-bond acceptors (Lipinski definition) is 4. The van der Waals surface area contributed by atoms with Gasteiger partial charge in [0.2, 0.25) is 11.8 Å². The molecule has 218 valence electrons. The van der Waals surface area contributed by atoms with Crippen molar-refractivity contribution < 1.29 is 22.4 Å². The predicted octanol–water partition coefficient (Wildman–Crippen LogP) is 5.11. The second-order valence-electron chi connectivity index (χ2n) is 9.88. The molecule has 0 bridgehead atoms. The summed E-state index contributed by atoms with van der Waals surface area (Å²) in [6.07, 6.45) is 0.156. The zero-order valence-corrected chi connectivity index (χ0v) is 24.4. The molecule has 9 heteroatoms. The van der Waals surface area contributed by atoms with Crippen molar-refractivity contribution in [2.45, 2.75) is 37.8 Å². The van der Waals surface area contributed by atoms with E-state index in [1.165, 1.54) is 23.1 Å². The van der Waals surface area contributed by atoms with Crippen molar-refractivity contribution in [2.75, 3.05) is 17.4 Å². The third-order valence-corrected chi connectivity index (χ3v) is 8.61. The van der Waals surface area contributed by atoms with Crippen LogP contribution in [0.15, 0.2) is 114 Å². The first-order chi connectivity index (χ1) is 20.2. The van der Waals surface area contributed by atoms with Crippen molar-refractivity contribution in [3.8, 4) is 0 Å². The average molecular weight is 588 g/mol. The Labute approximate surface area is 246 Å². The predicted molar refractivity (Wildman–Crippen MR) is 162 cm³/mol. The smallest absolute Gasteiger partial charge is 0.264 e. The van der Waals surface area contributed by atoms with E-state index in [2.05, 4.69) is 5.32 Å². The van der Waals surface area contributed by atoms with Crippen molar-refractivity contribution in [2.24, 2.45) is 0 Å². The maximum atomic E-state index is 14.9. The molecule has 0 saturated heterocycles. The van der Waals surface area contributed by atoms with E-state index in [-0.39, 0.29) is 23.4 Å². The quantitative estimate of drug-likeness (QED) is 0.250. The number of nitrogens with one attached hydrogen (secondary N) is 1. The zero-order valence-electron chi connectivity index (χ0n) is 23.6. The van der Waals surface area contributed by atoms with Gasteiger partial charge in [0.05, 0.1) is 10.6 Å². The summed E-state index contributed by atoms with van der Waals surface area (Å²) in [5.74, 6) is -1.59. The second kappa shape index (κ2) is 13.9. The van der Waals surface area contributed by atoms with Gasteiger partial charge >= 0.3 is 0 Å². The molecule has 0 aliphatic carbocycles. The molecular formula is C33H34FN3O4S. The summed E-state index contributed by atoms with van der Waals surface area (Å²) in [7, 11) is -4.18.